The standard InChI is InChI=1S/C13H20ClN3O/c1-4-16-13(18)8-17(5-2)12-7-10(14)11(15)6-9(12)3/h6-7H,4-5,8,15H2,1-3H3,(H,16,18). The fraction of sp³-hybridized carbons (Fsp3) is 0.462. The van der Waals surface area contributed by atoms with Gasteiger partial charge >= 0.3 is 0 Å². The molecule has 4 nitrogen and oxygen atoms in total. The molecule has 0 unspecified atom stereocenters. The Morgan fingerprint density at radius 1 is 1.44 bits per heavy atom. The van der Waals surface area contributed by atoms with Gasteiger partial charge < -0.3 is 16.0 Å². The van der Waals surface area contributed by atoms with Gasteiger partial charge in [0.25, 0.3) is 0 Å². The predicted molar refractivity (Wildman–Crippen MR) is 77.2 cm³/mol. The van der Waals surface area contributed by atoms with Crippen LogP contribution in [0.2, 0.25) is 5.02 Å². The SMILES string of the molecule is CCNC(=O)CN(CC)c1cc(Cl)c(N)cc1C. The highest BCUT2D eigenvalue weighted by Crippen LogP contribution is 2.29. The number of nitrogens with one attached hydrogen (secondary N) is 1. The summed E-state index contributed by atoms with van der Waals surface area (Å²) in [6.07, 6.45) is 0. The fourth-order valence-corrected chi connectivity index (χ4v) is 1.99. The molecule has 0 heterocycles. The molecule has 5 heteroatoms. The third kappa shape index (κ3) is 3.53. The zero-order chi connectivity index (χ0) is 13.7. The summed E-state index contributed by atoms with van der Waals surface area (Å²) in [5, 5.41) is 3.31. The Hall–Kier alpha value is -1.42. The summed E-state index contributed by atoms with van der Waals surface area (Å²) in [7, 11) is 0. The van der Waals surface area contributed by atoms with Crippen molar-refractivity contribution in [2.45, 2.75) is 20.8 Å². The molecule has 100 valence electrons. The number of benzene rings is 1. The smallest absolute Gasteiger partial charge is 0.239 e. The molecule has 1 amide bonds. The molecule has 0 aromatic heterocycles. The molecule has 0 aliphatic carbocycles. The minimum absolute atomic E-state index is 0.00620. The summed E-state index contributed by atoms with van der Waals surface area (Å²) in [4.78, 5) is 13.6. The number of carbonyl (C=O) groups is 1. The van der Waals surface area contributed by atoms with Gasteiger partial charge in [-0.15, -0.1) is 0 Å². The number of nitrogens with two attached hydrogens (primary N) is 1. The number of nitrogen functional groups attached to an aromatic ring is 1. The Kier molecular flexibility index (Phi) is 5.28. The quantitative estimate of drug-likeness (QED) is 0.806. The van der Waals surface area contributed by atoms with Crippen molar-refractivity contribution in [3.8, 4) is 0 Å². The monoisotopic (exact) mass is 269 g/mol. The lowest BCUT2D eigenvalue weighted by atomic mass is 10.1. The van der Waals surface area contributed by atoms with Crippen LogP contribution in [-0.2, 0) is 4.79 Å². The van der Waals surface area contributed by atoms with Gasteiger partial charge in [0.1, 0.15) is 0 Å². The Bertz CT molecular complexity index is 434. The van der Waals surface area contributed by atoms with Crippen molar-refractivity contribution in [3.05, 3.63) is 22.7 Å². The first-order valence-electron chi connectivity index (χ1n) is 6.06. The summed E-state index contributed by atoms with van der Waals surface area (Å²) < 4.78 is 0. The van der Waals surface area contributed by atoms with E-state index in [9.17, 15) is 4.79 Å². The minimum Gasteiger partial charge on any atom is -0.398 e. The molecule has 3 N–H and O–H groups in total. The van der Waals surface area contributed by atoms with Gasteiger partial charge in [0.15, 0.2) is 0 Å². The maximum absolute atomic E-state index is 11.6. The van der Waals surface area contributed by atoms with Crippen molar-refractivity contribution in [2.75, 3.05) is 30.3 Å². The number of rotatable bonds is 5. The van der Waals surface area contributed by atoms with Crippen LogP contribution >= 0.6 is 11.6 Å². The number of carbonyl (C=O) groups excluding carboxylic acids is 1. The van der Waals surface area contributed by atoms with Gasteiger partial charge in [-0.05, 0) is 38.5 Å². The first-order valence-corrected chi connectivity index (χ1v) is 6.44. The van der Waals surface area contributed by atoms with Gasteiger partial charge in [0, 0.05) is 18.8 Å². The van der Waals surface area contributed by atoms with Crippen molar-refractivity contribution < 1.29 is 4.79 Å². The van der Waals surface area contributed by atoms with E-state index >= 15 is 0 Å². The van der Waals surface area contributed by atoms with Crippen LogP contribution in [0.5, 0.6) is 0 Å². The van der Waals surface area contributed by atoms with Crippen LogP contribution in [0.25, 0.3) is 0 Å². The minimum atomic E-state index is 0.00620. The molecule has 1 aromatic rings. The molecule has 18 heavy (non-hydrogen) atoms. The Morgan fingerprint density at radius 2 is 2.11 bits per heavy atom. The number of hydrogen-bond acceptors (Lipinski definition) is 3. The Labute approximate surface area is 113 Å². The van der Waals surface area contributed by atoms with Crippen LogP contribution in [0.15, 0.2) is 12.1 Å². The van der Waals surface area contributed by atoms with Crippen LogP contribution in [0.4, 0.5) is 11.4 Å². The number of halogens is 1. The van der Waals surface area contributed by atoms with Crippen LogP contribution in [0.3, 0.4) is 0 Å². The normalized spacial score (nSPS) is 10.2. The maximum atomic E-state index is 11.6. The molecule has 1 aromatic carbocycles. The molecule has 0 saturated carbocycles. The second-order valence-corrected chi connectivity index (χ2v) is 4.54. The predicted octanol–water partition coefficient (Wildman–Crippen LogP) is 2.19. The van der Waals surface area contributed by atoms with E-state index in [4.69, 9.17) is 17.3 Å². The van der Waals surface area contributed by atoms with Gasteiger partial charge in [0.2, 0.25) is 5.91 Å². The van der Waals surface area contributed by atoms with Crippen molar-refractivity contribution in [1.82, 2.24) is 5.32 Å². The lowest BCUT2D eigenvalue weighted by Gasteiger charge is -2.24. The van der Waals surface area contributed by atoms with Crippen LogP contribution in [-0.4, -0.2) is 25.5 Å². The number of likely N-dealkylation sites (N-methyl/N-ethyl adjacent to an activating group) is 2. The number of amides is 1. The molecule has 0 radical (unpaired) electrons. The molecular formula is C13H20ClN3O. The van der Waals surface area contributed by atoms with E-state index in [1.54, 1.807) is 0 Å². The first-order chi connectivity index (χ1) is 8.49. The lowest BCUT2D eigenvalue weighted by molar-refractivity contribution is -0.119. The van der Waals surface area contributed by atoms with Gasteiger partial charge in [-0.25, -0.2) is 0 Å². The van der Waals surface area contributed by atoms with E-state index in [0.717, 1.165) is 17.8 Å². The number of anilines is 2. The summed E-state index contributed by atoms with van der Waals surface area (Å²) in [5.74, 6) is 0.00620. The summed E-state index contributed by atoms with van der Waals surface area (Å²) >= 11 is 6.03. The van der Waals surface area contributed by atoms with E-state index in [1.807, 2.05) is 37.8 Å². The van der Waals surface area contributed by atoms with Crippen molar-refractivity contribution >= 4 is 28.9 Å². The molecule has 0 fully saturated rings. The molecule has 0 saturated heterocycles. The van der Waals surface area contributed by atoms with Crippen LogP contribution in [0, 0.1) is 6.92 Å². The summed E-state index contributed by atoms with van der Waals surface area (Å²) in [6.45, 7) is 7.56. The lowest BCUT2D eigenvalue weighted by Crippen LogP contribution is -2.37. The van der Waals surface area contributed by atoms with Gasteiger partial charge in [-0.1, -0.05) is 11.6 Å². The van der Waals surface area contributed by atoms with Crippen molar-refractivity contribution in [3.63, 3.8) is 0 Å². The molecule has 0 atom stereocenters. The topological polar surface area (TPSA) is 58.4 Å². The highest BCUT2D eigenvalue weighted by Gasteiger charge is 2.13. The molecule has 0 aliphatic heterocycles. The zero-order valence-electron chi connectivity index (χ0n) is 11.1. The van der Waals surface area contributed by atoms with Crippen molar-refractivity contribution in [1.29, 1.82) is 0 Å². The first kappa shape index (κ1) is 14.6. The molecule has 0 aliphatic rings. The van der Waals surface area contributed by atoms with Gasteiger partial charge in [-0.2, -0.15) is 0 Å². The highest BCUT2D eigenvalue weighted by molar-refractivity contribution is 6.33. The van der Waals surface area contributed by atoms with E-state index in [0.29, 0.717) is 23.8 Å². The van der Waals surface area contributed by atoms with E-state index < -0.39 is 0 Å². The fourth-order valence-electron chi connectivity index (χ4n) is 1.83. The third-order valence-electron chi connectivity index (χ3n) is 2.75. The summed E-state index contributed by atoms with van der Waals surface area (Å²) in [5.41, 5.74) is 8.28. The van der Waals surface area contributed by atoms with Crippen molar-refractivity contribution in [2.24, 2.45) is 0 Å². The Balaban J connectivity index is 2.95. The van der Waals surface area contributed by atoms with Crippen LogP contribution in [0.1, 0.15) is 19.4 Å². The summed E-state index contributed by atoms with van der Waals surface area (Å²) in [6, 6.07) is 3.65. The average molecular weight is 270 g/mol. The average Bonchev–Trinajstić information content (AvgIpc) is 2.31. The van der Waals surface area contributed by atoms with Gasteiger partial charge in [0.05, 0.1) is 17.3 Å². The number of aryl methyl sites for hydroxylation is 1. The number of nitrogens with zero attached hydrogens (tertiary/aromatic N) is 1. The van der Waals surface area contributed by atoms with Crippen LogP contribution < -0.4 is 16.0 Å². The zero-order valence-corrected chi connectivity index (χ0v) is 11.8. The largest absolute Gasteiger partial charge is 0.398 e. The number of hydrogen-bond donors (Lipinski definition) is 2. The molecular weight excluding hydrogens is 250 g/mol. The molecule has 0 spiro atoms. The maximum Gasteiger partial charge on any atom is 0.239 e. The van der Waals surface area contributed by atoms with E-state index in [-0.39, 0.29) is 5.91 Å². The van der Waals surface area contributed by atoms with E-state index in [1.165, 1.54) is 0 Å². The third-order valence-corrected chi connectivity index (χ3v) is 3.07. The van der Waals surface area contributed by atoms with Gasteiger partial charge in [-0.3, -0.25) is 4.79 Å². The molecule has 0 bridgehead atoms. The highest BCUT2D eigenvalue weighted by atomic mass is 35.5. The second kappa shape index (κ2) is 6.50. The molecule has 1 rings (SSSR count). The second-order valence-electron chi connectivity index (χ2n) is 4.13. The Morgan fingerprint density at radius 3 is 2.67 bits per heavy atom. The van der Waals surface area contributed by atoms with E-state index in [2.05, 4.69) is 5.32 Å².